The molecule has 0 atom stereocenters. The van der Waals surface area contributed by atoms with Crippen molar-refractivity contribution in [1.29, 1.82) is 0 Å². The molecule has 0 fully saturated rings. The molecule has 4 aromatic rings. The van der Waals surface area contributed by atoms with Crippen LogP contribution < -0.4 is 18.9 Å². The lowest BCUT2D eigenvalue weighted by molar-refractivity contribution is 0.104. The number of hydrogen-bond acceptors (Lipinski definition) is 5. The van der Waals surface area contributed by atoms with Crippen LogP contribution in [0.3, 0.4) is 0 Å². The van der Waals surface area contributed by atoms with E-state index in [4.69, 9.17) is 18.9 Å². The van der Waals surface area contributed by atoms with Gasteiger partial charge >= 0.3 is 0 Å². The molecule has 4 rings (SSSR count). The Bertz CT molecular complexity index is 1310. The summed E-state index contributed by atoms with van der Waals surface area (Å²) in [5.41, 5.74) is 3.27. The van der Waals surface area contributed by atoms with Crippen molar-refractivity contribution in [2.24, 2.45) is 0 Å². The van der Waals surface area contributed by atoms with Crippen LogP contribution in [0, 0.1) is 0 Å². The first-order chi connectivity index (χ1) is 17.7. The van der Waals surface area contributed by atoms with Gasteiger partial charge in [0.05, 0.1) is 19.8 Å². The predicted octanol–water partition coefficient (Wildman–Crippen LogP) is 6.76. The number of carbonyl (C=O) groups excluding carboxylic acids is 1. The van der Waals surface area contributed by atoms with Crippen molar-refractivity contribution >= 4 is 11.9 Å². The van der Waals surface area contributed by atoms with Crippen LogP contribution in [0.5, 0.6) is 23.0 Å². The van der Waals surface area contributed by atoms with E-state index in [0.717, 1.165) is 16.7 Å². The number of rotatable bonds is 11. The van der Waals surface area contributed by atoms with E-state index >= 15 is 0 Å². The summed E-state index contributed by atoms with van der Waals surface area (Å²) in [5, 5.41) is 0. The highest BCUT2D eigenvalue weighted by Crippen LogP contribution is 2.29. The van der Waals surface area contributed by atoms with Crippen molar-refractivity contribution in [3.05, 3.63) is 125 Å². The van der Waals surface area contributed by atoms with Crippen LogP contribution in [0.15, 0.2) is 103 Å². The quantitative estimate of drug-likeness (QED) is 0.175. The summed E-state index contributed by atoms with van der Waals surface area (Å²) in [7, 11) is 3.18. The van der Waals surface area contributed by atoms with E-state index in [1.165, 1.54) is 6.08 Å². The lowest BCUT2D eigenvalue weighted by Crippen LogP contribution is -2.04. The first-order valence-corrected chi connectivity index (χ1v) is 11.6. The molecule has 5 nitrogen and oxygen atoms in total. The maximum absolute atomic E-state index is 13.2. The Morgan fingerprint density at radius 1 is 0.667 bits per heavy atom. The molecule has 0 amide bonds. The van der Waals surface area contributed by atoms with E-state index in [1.807, 2.05) is 72.8 Å². The van der Waals surface area contributed by atoms with Gasteiger partial charge in [-0.1, -0.05) is 60.7 Å². The highest BCUT2D eigenvalue weighted by molar-refractivity contribution is 6.08. The van der Waals surface area contributed by atoms with E-state index < -0.39 is 0 Å². The van der Waals surface area contributed by atoms with E-state index in [2.05, 4.69) is 0 Å². The number of methoxy groups -OCH3 is 2. The summed E-state index contributed by atoms with van der Waals surface area (Å²) in [4.78, 5) is 13.2. The highest BCUT2D eigenvalue weighted by Gasteiger charge is 2.13. The van der Waals surface area contributed by atoms with Gasteiger partial charge in [-0.2, -0.15) is 0 Å². The first kappa shape index (κ1) is 24.6. The molecular formula is C31H28O5. The Kier molecular flexibility index (Phi) is 8.39. The molecule has 0 aliphatic heterocycles. The van der Waals surface area contributed by atoms with Crippen molar-refractivity contribution in [2.75, 3.05) is 14.2 Å². The lowest BCUT2D eigenvalue weighted by Gasteiger charge is -2.13. The Morgan fingerprint density at radius 3 is 1.92 bits per heavy atom. The van der Waals surface area contributed by atoms with Crippen LogP contribution in [0.1, 0.15) is 27.0 Å². The van der Waals surface area contributed by atoms with Gasteiger partial charge in [0.2, 0.25) is 0 Å². The molecule has 0 saturated heterocycles. The largest absolute Gasteiger partial charge is 0.497 e. The Hall–Kier alpha value is -4.51. The fraction of sp³-hybridized carbons (Fsp3) is 0.129. The second-order valence-corrected chi connectivity index (χ2v) is 8.01. The van der Waals surface area contributed by atoms with Gasteiger partial charge in [0.15, 0.2) is 5.78 Å². The molecule has 0 aromatic heterocycles. The van der Waals surface area contributed by atoms with Crippen LogP contribution in [0.2, 0.25) is 0 Å². The van der Waals surface area contributed by atoms with Crippen molar-refractivity contribution in [2.45, 2.75) is 13.2 Å². The van der Waals surface area contributed by atoms with Crippen LogP contribution in [-0.4, -0.2) is 20.0 Å². The number of ketones is 1. The summed E-state index contributed by atoms with van der Waals surface area (Å²) in [6.45, 7) is 0.753. The fourth-order valence-electron chi connectivity index (χ4n) is 3.60. The van der Waals surface area contributed by atoms with Crippen LogP contribution in [0.25, 0.3) is 6.08 Å². The number of benzene rings is 4. The minimum absolute atomic E-state index is 0.189. The molecule has 182 valence electrons. The molecule has 4 aromatic carbocycles. The zero-order valence-corrected chi connectivity index (χ0v) is 20.3. The zero-order chi connectivity index (χ0) is 25.2. The van der Waals surface area contributed by atoms with Gasteiger partial charge in [0.25, 0.3) is 0 Å². The third-order valence-electron chi connectivity index (χ3n) is 5.56. The van der Waals surface area contributed by atoms with Crippen molar-refractivity contribution in [1.82, 2.24) is 0 Å². The lowest BCUT2D eigenvalue weighted by atomic mass is 10.1. The summed E-state index contributed by atoms with van der Waals surface area (Å²) in [6, 6.07) is 30.5. The normalized spacial score (nSPS) is 10.7. The van der Waals surface area contributed by atoms with Crippen LogP contribution >= 0.6 is 0 Å². The highest BCUT2D eigenvalue weighted by atomic mass is 16.5. The van der Waals surface area contributed by atoms with Crippen molar-refractivity contribution in [3.8, 4) is 23.0 Å². The monoisotopic (exact) mass is 480 g/mol. The van der Waals surface area contributed by atoms with E-state index in [0.29, 0.717) is 41.8 Å². The van der Waals surface area contributed by atoms with E-state index in [1.54, 1.807) is 44.6 Å². The SMILES string of the molecule is COc1ccc(/C=C/C(=O)c2ccc(OCc3ccccc3)cc2OCc2ccccc2)c(OC)c1. The third kappa shape index (κ3) is 6.54. The molecular weight excluding hydrogens is 452 g/mol. The van der Waals surface area contributed by atoms with E-state index in [-0.39, 0.29) is 5.78 Å². The van der Waals surface area contributed by atoms with Crippen molar-refractivity contribution < 1.29 is 23.7 Å². The van der Waals surface area contributed by atoms with Gasteiger partial charge in [-0.15, -0.1) is 0 Å². The van der Waals surface area contributed by atoms with Crippen molar-refractivity contribution in [3.63, 3.8) is 0 Å². The third-order valence-corrected chi connectivity index (χ3v) is 5.56. The summed E-state index contributed by atoms with van der Waals surface area (Å²) in [6.07, 6.45) is 3.24. The predicted molar refractivity (Wildman–Crippen MR) is 141 cm³/mol. The van der Waals surface area contributed by atoms with Gasteiger partial charge in [0.1, 0.15) is 36.2 Å². The molecule has 0 heterocycles. The molecule has 36 heavy (non-hydrogen) atoms. The smallest absolute Gasteiger partial charge is 0.189 e. The molecule has 0 N–H and O–H groups in total. The molecule has 0 aliphatic rings. The topological polar surface area (TPSA) is 54.0 Å². The minimum atomic E-state index is -0.189. The average molecular weight is 481 g/mol. The molecule has 0 saturated carbocycles. The molecule has 0 radical (unpaired) electrons. The Labute approximate surface area is 211 Å². The molecule has 0 unspecified atom stereocenters. The van der Waals surface area contributed by atoms with Gasteiger partial charge in [0, 0.05) is 17.7 Å². The fourth-order valence-corrected chi connectivity index (χ4v) is 3.60. The number of ether oxygens (including phenoxy) is 4. The summed E-state index contributed by atoms with van der Waals surface area (Å²) >= 11 is 0. The summed E-state index contributed by atoms with van der Waals surface area (Å²) < 4.78 is 22.7. The second kappa shape index (κ2) is 12.3. The molecule has 0 aliphatic carbocycles. The average Bonchev–Trinajstić information content (AvgIpc) is 2.94. The number of hydrogen-bond donors (Lipinski definition) is 0. The first-order valence-electron chi connectivity index (χ1n) is 11.6. The maximum Gasteiger partial charge on any atom is 0.189 e. The van der Waals surface area contributed by atoms with Gasteiger partial charge in [-0.25, -0.2) is 0 Å². The second-order valence-electron chi connectivity index (χ2n) is 8.01. The van der Waals surface area contributed by atoms with E-state index in [9.17, 15) is 4.79 Å². The molecule has 0 bridgehead atoms. The van der Waals surface area contributed by atoms with Gasteiger partial charge < -0.3 is 18.9 Å². The molecule has 5 heteroatoms. The van der Waals surface area contributed by atoms with Crippen LogP contribution in [-0.2, 0) is 13.2 Å². The standard InChI is InChI=1S/C31H28O5/c1-33-26-15-13-25(30(19-26)34-2)14-18-29(32)28-17-16-27(35-21-23-9-5-3-6-10-23)20-31(28)36-22-24-11-7-4-8-12-24/h3-20H,21-22H2,1-2H3/b18-14+. The molecule has 0 spiro atoms. The number of allylic oxidation sites excluding steroid dienone is 1. The number of carbonyl (C=O) groups is 1. The maximum atomic E-state index is 13.2. The van der Waals surface area contributed by atoms with Crippen LogP contribution in [0.4, 0.5) is 0 Å². The zero-order valence-electron chi connectivity index (χ0n) is 20.3. The van der Waals surface area contributed by atoms with Gasteiger partial charge in [-0.3, -0.25) is 4.79 Å². The Balaban J connectivity index is 1.56. The minimum Gasteiger partial charge on any atom is -0.497 e. The van der Waals surface area contributed by atoms with Gasteiger partial charge in [-0.05, 0) is 47.5 Å². The Morgan fingerprint density at radius 2 is 1.28 bits per heavy atom. The summed E-state index contributed by atoms with van der Waals surface area (Å²) in [5.74, 6) is 2.19.